The van der Waals surface area contributed by atoms with E-state index in [4.69, 9.17) is 15.7 Å². The van der Waals surface area contributed by atoms with Gasteiger partial charge in [-0.1, -0.05) is 0 Å². The Morgan fingerprint density at radius 3 is 2.82 bits per heavy atom. The lowest BCUT2D eigenvalue weighted by molar-refractivity contribution is 0.0704. The minimum Gasteiger partial charge on any atom is -0.491 e. The SMILES string of the molecule is CN(C(=O)c1cc2c(cc1F)nc(N)c1cncn12)[C@@H]1COc2cc(C3C[C@H]3C#N)c(F)cc21. The molecule has 6 rings (SSSR count). The van der Waals surface area contributed by atoms with Gasteiger partial charge in [-0.05, 0) is 30.2 Å². The number of nitrogen functional groups attached to an aromatic ring is 1. The number of ether oxygens (including phenoxy) is 1. The first-order chi connectivity index (χ1) is 16.4. The van der Waals surface area contributed by atoms with Crippen LogP contribution in [0.3, 0.4) is 0 Å². The van der Waals surface area contributed by atoms with E-state index < -0.39 is 23.6 Å². The summed E-state index contributed by atoms with van der Waals surface area (Å²) in [4.78, 5) is 22.9. The van der Waals surface area contributed by atoms with Crippen molar-refractivity contribution in [2.45, 2.75) is 18.4 Å². The molecule has 34 heavy (non-hydrogen) atoms. The maximum Gasteiger partial charge on any atom is 0.257 e. The summed E-state index contributed by atoms with van der Waals surface area (Å²) in [5.74, 6) is -1.39. The molecule has 1 aliphatic heterocycles. The van der Waals surface area contributed by atoms with Gasteiger partial charge in [-0.2, -0.15) is 5.26 Å². The molecule has 0 spiro atoms. The third kappa shape index (κ3) is 2.90. The van der Waals surface area contributed by atoms with Crippen molar-refractivity contribution in [1.29, 1.82) is 5.26 Å². The Balaban J connectivity index is 1.36. The Kier molecular flexibility index (Phi) is 4.26. The molecular weight excluding hydrogens is 442 g/mol. The van der Waals surface area contributed by atoms with Gasteiger partial charge in [-0.25, -0.2) is 18.7 Å². The molecule has 3 heterocycles. The minimum absolute atomic E-state index is 0.117. The van der Waals surface area contributed by atoms with Crippen LogP contribution < -0.4 is 10.5 Å². The highest BCUT2D eigenvalue weighted by Gasteiger charge is 2.42. The zero-order valence-electron chi connectivity index (χ0n) is 18.0. The summed E-state index contributed by atoms with van der Waals surface area (Å²) in [5, 5.41) is 9.06. The number of likely N-dealkylation sites (N-methyl/N-ethyl adjacent to an activating group) is 1. The first-order valence-corrected chi connectivity index (χ1v) is 10.7. The largest absolute Gasteiger partial charge is 0.491 e. The molecule has 4 aromatic rings. The summed E-state index contributed by atoms with van der Waals surface area (Å²) in [5.41, 5.74) is 8.05. The number of nitrogens with two attached hydrogens (primary N) is 1. The fraction of sp³-hybridized carbons (Fsp3) is 0.250. The summed E-state index contributed by atoms with van der Waals surface area (Å²) in [6.45, 7) is 0.117. The summed E-state index contributed by atoms with van der Waals surface area (Å²) >= 11 is 0. The molecule has 2 N–H and O–H groups in total. The predicted molar refractivity (Wildman–Crippen MR) is 118 cm³/mol. The van der Waals surface area contributed by atoms with Gasteiger partial charge in [-0.15, -0.1) is 0 Å². The molecule has 3 atom stereocenters. The standard InChI is InChI=1S/C24H18F2N6O2/c1-31(21-9-34-22-5-13(12-2-11(12)7-27)16(25)3-15(21)22)24(33)14-4-19-18(6-17(14)26)30-23(28)20-8-29-10-32(19)20/h3-6,8,10-12,21H,2,9H2,1H3,(H2,28,30)/t11-,12?,21+/m0/s1. The van der Waals surface area contributed by atoms with Crippen molar-refractivity contribution in [3.8, 4) is 11.8 Å². The van der Waals surface area contributed by atoms with E-state index in [0.717, 1.165) is 0 Å². The zero-order chi connectivity index (χ0) is 23.7. The Labute approximate surface area is 192 Å². The lowest BCUT2D eigenvalue weighted by Crippen LogP contribution is -2.32. The maximum atomic E-state index is 15.0. The van der Waals surface area contributed by atoms with Crippen LogP contribution in [0.4, 0.5) is 14.6 Å². The fourth-order valence-corrected chi connectivity index (χ4v) is 4.71. The van der Waals surface area contributed by atoms with Gasteiger partial charge >= 0.3 is 0 Å². The third-order valence-corrected chi connectivity index (χ3v) is 6.72. The van der Waals surface area contributed by atoms with Gasteiger partial charge in [0.1, 0.15) is 35.3 Å². The molecule has 8 nitrogen and oxygen atoms in total. The molecule has 170 valence electrons. The van der Waals surface area contributed by atoms with Crippen LogP contribution in [-0.4, -0.2) is 38.8 Å². The number of aromatic nitrogens is 3. The quantitative estimate of drug-likeness (QED) is 0.501. The van der Waals surface area contributed by atoms with E-state index in [9.17, 15) is 13.6 Å². The summed E-state index contributed by atoms with van der Waals surface area (Å²) < 4.78 is 37.2. The topological polar surface area (TPSA) is 110 Å². The van der Waals surface area contributed by atoms with Crippen molar-refractivity contribution in [2.24, 2.45) is 5.92 Å². The minimum atomic E-state index is -0.743. The number of halogens is 2. The first kappa shape index (κ1) is 20.4. The van der Waals surface area contributed by atoms with Gasteiger partial charge < -0.3 is 15.4 Å². The van der Waals surface area contributed by atoms with Gasteiger partial charge in [0.15, 0.2) is 0 Å². The normalized spacial score (nSPS) is 20.7. The maximum absolute atomic E-state index is 15.0. The second kappa shape index (κ2) is 7.12. The average molecular weight is 460 g/mol. The van der Waals surface area contributed by atoms with Crippen molar-refractivity contribution in [3.63, 3.8) is 0 Å². The molecule has 1 unspecified atom stereocenters. The van der Waals surface area contributed by atoms with Gasteiger partial charge in [-0.3, -0.25) is 9.20 Å². The van der Waals surface area contributed by atoms with Gasteiger partial charge in [0.25, 0.3) is 5.91 Å². The van der Waals surface area contributed by atoms with E-state index in [-0.39, 0.29) is 29.8 Å². The fourth-order valence-electron chi connectivity index (χ4n) is 4.71. The van der Waals surface area contributed by atoms with Gasteiger partial charge in [0, 0.05) is 24.6 Å². The number of hydrogen-bond donors (Lipinski definition) is 1. The van der Waals surface area contributed by atoms with Crippen LogP contribution in [0.15, 0.2) is 36.8 Å². The van der Waals surface area contributed by atoms with Gasteiger partial charge in [0.05, 0.1) is 47.1 Å². The number of amides is 1. The molecular formula is C24H18F2N6O2. The number of rotatable bonds is 3. The Morgan fingerprint density at radius 2 is 2.06 bits per heavy atom. The number of carbonyl (C=O) groups excluding carboxylic acids is 1. The van der Waals surface area contributed by atoms with Crippen molar-refractivity contribution >= 4 is 28.3 Å². The van der Waals surface area contributed by atoms with Crippen molar-refractivity contribution in [1.82, 2.24) is 19.3 Å². The van der Waals surface area contributed by atoms with E-state index in [1.165, 1.54) is 42.7 Å². The second-order valence-electron chi connectivity index (χ2n) is 8.70. The number of imidazole rings is 1. The molecule has 0 bridgehead atoms. The Morgan fingerprint density at radius 1 is 1.24 bits per heavy atom. The molecule has 1 amide bonds. The lowest BCUT2D eigenvalue weighted by atomic mass is 10.0. The lowest BCUT2D eigenvalue weighted by Gasteiger charge is -2.24. The highest BCUT2D eigenvalue weighted by atomic mass is 19.1. The summed E-state index contributed by atoms with van der Waals surface area (Å²) in [7, 11) is 1.53. The van der Waals surface area contributed by atoms with Crippen molar-refractivity contribution < 1.29 is 18.3 Å². The Hall–Kier alpha value is -4.26. The monoisotopic (exact) mass is 460 g/mol. The number of hydrogen-bond acceptors (Lipinski definition) is 6. The molecule has 0 saturated heterocycles. The number of nitriles is 1. The first-order valence-electron chi connectivity index (χ1n) is 10.7. The number of benzene rings is 2. The Bertz CT molecular complexity index is 1560. The third-order valence-electron chi connectivity index (χ3n) is 6.72. The highest BCUT2D eigenvalue weighted by molar-refractivity contribution is 5.98. The van der Waals surface area contributed by atoms with Gasteiger partial charge in [0.2, 0.25) is 0 Å². The summed E-state index contributed by atoms with van der Waals surface area (Å²) in [6, 6.07) is 7.13. The van der Waals surface area contributed by atoms with Crippen LogP contribution in [-0.2, 0) is 0 Å². The number of carbonyl (C=O) groups is 1. The molecule has 0 radical (unpaired) electrons. The number of fused-ring (bicyclic) bond motifs is 4. The number of nitrogens with zero attached hydrogens (tertiary/aromatic N) is 5. The van der Waals surface area contributed by atoms with Crippen LogP contribution in [0.1, 0.15) is 39.9 Å². The van der Waals surface area contributed by atoms with E-state index in [2.05, 4.69) is 16.0 Å². The number of anilines is 1. The second-order valence-corrected chi connectivity index (χ2v) is 8.70. The average Bonchev–Trinajstić information content (AvgIpc) is 3.22. The van der Waals surface area contributed by atoms with Crippen LogP contribution >= 0.6 is 0 Å². The molecule has 1 fully saturated rings. The smallest absolute Gasteiger partial charge is 0.257 e. The van der Waals surface area contributed by atoms with Crippen molar-refractivity contribution in [2.75, 3.05) is 19.4 Å². The molecule has 1 aliphatic carbocycles. The van der Waals surface area contributed by atoms with Crippen LogP contribution in [0.5, 0.6) is 5.75 Å². The van der Waals surface area contributed by atoms with Crippen LogP contribution in [0.2, 0.25) is 0 Å². The molecule has 2 aliphatic rings. The summed E-state index contributed by atoms with van der Waals surface area (Å²) in [6.07, 6.45) is 3.68. The van der Waals surface area contributed by atoms with E-state index in [1.807, 2.05) is 0 Å². The van der Waals surface area contributed by atoms with Crippen LogP contribution in [0, 0.1) is 28.9 Å². The molecule has 1 saturated carbocycles. The molecule has 2 aromatic carbocycles. The van der Waals surface area contributed by atoms with Crippen LogP contribution in [0.25, 0.3) is 16.6 Å². The highest BCUT2D eigenvalue weighted by Crippen LogP contribution is 2.50. The van der Waals surface area contributed by atoms with E-state index in [1.54, 1.807) is 10.5 Å². The van der Waals surface area contributed by atoms with E-state index in [0.29, 0.717) is 39.8 Å². The van der Waals surface area contributed by atoms with E-state index >= 15 is 0 Å². The van der Waals surface area contributed by atoms with Crippen molar-refractivity contribution in [3.05, 3.63) is 65.1 Å². The molecule has 2 aromatic heterocycles. The molecule has 10 heteroatoms. The predicted octanol–water partition coefficient (Wildman–Crippen LogP) is 3.58. The zero-order valence-corrected chi connectivity index (χ0v) is 18.0.